The number of carboxylic acid groups (broad SMARTS) is 1. The number of nitrogens with one attached hydrogen (secondary N) is 1. The van der Waals surface area contributed by atoms with E-state index in [4.69, 9.17) is 9.84 Å². The zero-order valence-corrected chi connectivity index (χ0v) is 14.5. The number of halogens is 3. The molecule has 1 fully saturated rings. The van der Waals surface area contributed by atoms with Gasteiger partial charge in [-0.2, -0.15) is 13.2 Å². The van der Waals surface area contributed by atoms with Crippen molar-refractivity contribution >= 4 is 17.7 Å². The zero-order chi connectivity index (χ0) is 19.5. The summed E-state index contributed by atoms with van der Waals surface area (Å²) in [4.78, 5) is 24.3. The standard InChI is InChI=1S/C17H21F3N2O4/c1-3-6-26-11-4-5-14(10(2)7-11)21-16(25)22-8-12(15(23)24)13(9-22)17(18,19)20/h4-5,7,12-13H,3,6,8-9H2,1-2H3,(H,21,25)(H,23,24)/t12-,13-/m1/s1. The van der Waals surface area contributed by atoms with Crippen molar-refractivity contribution in [3.05, 3.63) is 23.8 Å². The van der Waals surface area contributed by atoms with Crippen LogP contribution in [0.15, 0.2) is 18.2 Å². The third-order valence-electron chi connectivity index (χ3n) is 4.26. The summed E-state index contributed by atoms with van der Waals surface area (Å²) >= 11 is 0. The minimum atomic E-state index is -4.67. The molecule has 2 rings (SSSR count). The van der Waals surface area contributed by atoms with Gasteiger partial charge in [-0.25, -0.2) is 4.79 Å². The van der Waals surface area contributed by atoms with Gasteiger partial charge in [-0.15, -0.1) is 0 Å². The number of rotatable bonds is 5. The number of hydrogen-bond acceptors (Lipinski definition) is 3. The Morgan fingerprint density at radius 1 is 1.35 bits per heavy atom. The monoisotopic (exact) mass is 374 g/mol. The van der Waals surface area contributed by atoms with Crippen LogP contribution in [0, 0.1) is 18.8 Å². The van der Waals surface area contributed by atoms with Gasteiger partial charge in [-0.05, 0) is 37.1 Å². The number of nitrogens with zero attached hydrogens (tertiary/aromatic N) is 1. The third kappa shape index (κ3) is 4.59. The highest BCUT2D eigenvalue weighted by atomic mass is 19.4. The van der Waals surface area contributed by atoms with Gasteiger partial charge in [0.2, 0.25) is 0 Å². The first kappa shape index (κ1) is 19.9. The molecule has 1 aliphatic heterocycles. The van der Waals surface area contributed by atoms with Crippen molar-refractivity contribution in [3.8, 4) is 5.75 Å². The largest absolute Gasteiger partial charge is 0.494 e. The van der Waals surface area contributed by atoms with Crippen LogP contribution in [0.4, 0.5) is 23.7 Å². The molecule has 0 aromatic heterocycles. The molecule has 9 heteroatoms. The maximum atomic E-state index is 13.0. The lowest BCUT2D eigenvalue weighted by molar-refractivity contribution is -0.187. The number of ether oxygens (including phenoxy) is 1. The molecule has 2 N–H and O–H groups in total. The van der Waals surface area contributed by atoms with Crippen LogP contribution < -0.4 is 10.1 Å². The first-order valence-corrected chi connectivity index (χ1v) is 8.22. The second-order valence-corrected chi connectivity index (χ2v) is 6.25. The Balaban J connectivity index is 2.07. The number of hydrogen-bond donors (Lipinski definition) is 2. The maximum absolute atomic E-state index is 13.0. The van der Waals surface area contributed by atoms with Gasteiger partial charge in [-0.1, -0.05) is 6.92 Å². The summed E-state index contributed by atoms with van der Waals surface area (Å²) in [7, 11) is 0. The molecule has 1 heterocycles. The van der Waals surface area contributed by atoms with E-state index < -0.39 is 43.1 Å². The lowest BCUT2D eigenvalue weighted by Crippen LogP contribution is -2.35. The van der Waals surface area contributed by atoms with Crippen LogP contribution >= 0.6 is 0 Å². The van der Waals surface area contributed by atoms with Crippen LogP contribution in [0.2, 0.25) is 0 Å². The Morgan fingerprint density at radius 3 is 2.54 bits per heavy atom. The van der Waals surface area contributed by atoms with E-state index in [1.54, 1.807) is 25.1 Å². The van der Waals surface area contributed by atoms with Crippen molar-refractivity contribution in [2.75, 3.05) is 25.0 Å². The molecule has 144 valence electrons. The highest BCUT2D eigenvalue weighted by molar-refractivity contribution is 5.91. The van der Waals surface area contributed by atoms with Gasteiger partial charge in [0.1, 0.15) is 5.75 Å². The van der Waals surface area contributed by atoms with Gasteiger partial charge >= 0.3 is 18.2 Å². The molecule has 6 nitrogen and oxygen atoms in total. The fourth-order valence-electron chi connectivity index (χ4n) is 2.83. The number of anilines is 1. The minimum absolute atomic E-state index is 0.432. The van der Waals surface area contributed by atoms with Crippen molar-refractivity contribution in [1.82, 2.24) is 4.90 Å². The lowest BCUT2D eigenvalue weighted by Gasteiger charge is -2.19. The van der Waals surface area contributed by atoms with E-state index in [9.17, 15) is 22.8 Å². The molecular formula is C17H21F3N2O4. The highest BCUT2D eigenvalue weighted by Gasteiger charge is 2.53. The van der Waals surface area contributed by atoms with Gasteiger partial charge in [0.25, 0.3) is 0 Å². The molecule has 2 amide bonds. The van der Waals surface area contributed by atoms with Gasteiger partial charge in [0.05, 0.1) is 18.4 Å². The molecule has 1 saturated heterocycles. The van der Waals surface area contributed by atoms with Crippen LogP contribution in [-0.2, 0) is 4.79 Å². The molecule has 0 radical (unpaired) electrons. The summed E-state index contributed by atoms with van der Waals surface area (Å²) < 4.78 is 44.5. The van der Waals surface area contributed by atoms with E-state index in [-0.39, 0.29) is 0 Å². The molecule has 0 unspecified atom stereocenters. The Labute approximate surface area is 148 Å². The Bertz CT molecular complexity index is 678. The summed E-state index contributed by atoms with van der Waals surface area (Å²) in [5.74, 6) is -4.66. The molecule has 2 atom stereocenters. The predicted molar refractivity (Wildman–Crippen MR) is 88.2 cm³/mol. The normalized spacial score (nSPS) is 20.1. The van der Waals surface area contributed by atoms with Crippen molar-refractivity contribution in [2.24, 2.45) is 11.8 Å². The van der Waals surface area contributed by atoms with Crippen LogP contribution in [0.5, 0.6) is 5.75 Å². The van der Waals surface area contributed by atoms with E-state index in [1.807, 2.05) is 6.92 Å². The molecular weight excluding hydrogens is 353 g/mol. The number of amides is 2. The fraction of sp³-hybridized carbons (Fsp3) is 0.529. The predicted octanol–water partition coefficient (Wildman–Crippen LogP) is 3.51. The van der Waals surface area contributed by atoms with E-state index >= 15 is 0 Å². The maximum Gasteiger partial charge on any atom is 0.394 e. The molecule has 1 aliphatic rings. The SMILES string of the molecule is CCCOc1ccc(NC(=O)N2C[C@@H](C(F)(F)F)[C@H](C(=O)O)C2)c(C)c1. The fourth-order valence-corrected chi connectivity index (χ4v) is 2.83. The number of aryl methyl sites for hydroxylation is 1. The molecule has 1 aromatic carbocycles. The molecule has 0 bridgehead atoms. The number of carbonyl (C=O) groups is 2. The van der Waals surface area contributed by atoms with Crippen molar-refractivity contribution in [3.63, 3.8) is 0 Å². The quantitative estimate of drug-likeness (QED) is 0.827. The number of benzene rings is 1. The van der Waals surface area contributed by atoms with Crippen LogP contribution in [0.3, 0.4) is 0 Å². The molecule has 0 spiro atoms. The second-order valence-electron chi connectivity index (χ2n) is 6.25. The number of likely N-dealkylation sites (tertiary alicyclic amines) is 1. The number of carbonyl (C=O) groups excluding carboxylic acids is 1. The van der Waals surface area contributed by atoms with E-state index in [2.05, 4.69) is 5.32 Å². The highest BCUT2D eigenvalue weighted by Crippen LogP contribution is 2.38. The zero-order valence-electron chi connectivity index (χ0n) is 14.5. The number of carboxylic acids is 1. The Hall–Kier alpha value is -2.45. The lowest BCUT2D eigenvalue weighted by atomic mass is 9.96. The first-order valence-electron chi connectivity index (χ1n) is 8.22. The molecule has 1 aromatic rings. The second kappa shape index (κ2) is 7.84. The summed E-state index contributed by atoms with van der Waals surface area (Å²) in [6, 6.07) is 4.21. The summed E-state index contributed by atoms with van der Waals surface area (Å²) in [5.41, 5.74) is 1.12. The van der Waals surface area contributed by atoms with Crippen LogP contribution in [0.1, 0.15) is 18.9 Å². The first-order chi connectivity index (χ1) is 12.1. The number of aliphatic carboxylic acids is 1. The van der Waals surface area contributed by atoms with Gasteiger partial charge in [0, 0.05) is 18.8 Å². The summed E-state index contributed by atoms with van der Waals surface area (Å²) in [6.07, 6.45) is -3.83. The van der Waals surface area contributed by atoms with E-state index in [0.717, 1.165) is 11.3 Å². The number of alkyl halides is 3. The average molecular weight is 374 g/mol. The van der Waals surface area contributed by atoms with Crippen LogP contribution in [0.25, 0.3) is 0 Å². The topological polar surface area (TPSA) is 78.9 Å². The Morgan fingerprint density at radius 2 is 2.04 bits per heavy atom. The molecule has 26 heavy (non-hydrogen) atoms. The van der Waals surface area contributed by atoms with Gasteiger partial charge in [0.15, 0.2) is 0 Å². The number of urea groups is 1. The molecule has 0 saturated carbocycles. The third-order valence-corrected chi connectivity index (χ3v) is 4.26. The minimum Gasteiger partial charge on any atom is -0.494 e. The average Bonchev–Trinajstić information content (AvgIpc) is 3.01. The van der Waals surface area contributed by atoms with Gasteiger partial charge < -0.3 is 20.1 Å². The molecule has 0 aliphatic carbocycles. The van der Waals surface area contributed by atoms with E-state index in [1.165, 1.54) is 0 Å². The smallest absolute Gasteiger partial charge is 0.394 e. The summed E-state index contributed by atoms with van der Waals surface area (Å²) in [5, 5.41) is 11.5. The van der Waals surface area contributed by atoms with Crippen molar-refractivity contribution in [2.45, 2.75) is 26.4 Å². The van der Waals surface area contributed by atoms with Crippen molar-refractivity contribution in [1.29, 1.82) is 0 Å². The summed E-state index contributed by atoms with van der Waals surface area (Å²) in [6.45, 7) is 3.09. The van der Waals surface area contributed by atoms with Crippen molar-refractivity contribution < 1.29 is 32.6 Å². The van der Waals surface area contributed by atoms with Gasteiger partial charge in [-0.3, -0.25) is 4.79 Å². The Kier molecular flexibility index (Phi) is 5.99. The van der Waals surface area contributed by atoms with E-state index in [0.29, 0.717) is 23.6 Å². The van der Waals surface area contributed by atoms with Crippen LogP contribution in [-0.4, -0.2) is 47.9 Å².